The van der Waals surface area contributed by atoms with Crippen LogP contribution in [0.3, 0.4) is 0 Å². The van der Waals surface area contributed by atoms with Gasteiger partial charge in [-0.25, -0.2) is 0 Å². The third-order valence-corrected chi connectivity index (χ3v) is 3.60. The van der Waals surface area contributed by atoms with E-state index in [2.05, 4.69) is 15.2 Å². The fourth-order valence-corrected chi connectivity index (χ4v) is 2.24. The van der Waals surface area contributed by atoms with Crippen LogP contribution in [0.15, 0.2) is 50.7 Å². The van der Waals surface area contributed by atoms with Crippen LogP contribution in [0.5, 0.6) is 0 Å². The van der Waals surface area contributed by atoms with Gasteiger partial charge in [-0.1, -0.05) is 5.16 Å². The second-order valence-corrected chi connectivity index (χ2v) is 5.21. The van der Waals surface area contributed by atoms with Crippen molar-refractivity contribution in [3.63, 3.8) is 0 Å². The summed E-state index contributed by atoms with van der Waals surface area (Å²) in [7, 11) is 0. The predicted molar refractivity (Wildman–Crippen MR) is 79.6 cm³/mol. The minimum Gasteiger partial charge on any atom is -0.339 e. The summed E-state index contributed by atoms with van der Waals surface area (Å²) in [6.07, 6.45) is 3.57. The molecule has 3 rings (SSSR count). The van der Waals surface area contributed by atoms with Crippen molar-refractivity contribution in [2.24, 2.45) is 0 Å². The molecule has 0 N–H and O–H groups in total. The average Bonchev–Trinajstić information content (AvgIpc) is 2.94. The van der Waals surface area contributed by atoms with Crippen LogP contribution >= 0.6 is 11.8 Å². The van der Waals surface area contributed by atoms with E-state index in [0.717, 1.165) is 10.5 Å². The van der Waals surface area contributed by atoms with Crippen molar-refractivity contribution < 1.29 is 4.52 Å². The summed E-state index contributed by atoms with van der Waals surface area (Å²) >= 11 is 1.49. The molecule has 0 aliphatic heterocycles. The first-order valence-corrected chi connectivity index (χ1v) is 7.44. The van der Waals surface area contributed by atoms with E-state index in [4.69, 9.17) is 4.52 Å². The monoisotopic (exact) mass is 300 g/mol. The molecule has 0 amide bonds. The van der Waals surface area contributed by atoms with Gasteiger partial charge in [-0.3, -0.25) is 4.79 Å². The first-order valence-electron chi connectivity index (χ1n) is 6.22. The Morgan fingerprint density at radius 3 is 2.57 bits per heavy atom. The molecule has 0 fully saturated rings. The van der Waals surface area contributed by atoms with Crippen LogP contribution in [0.2, 0.25) is 0 Å². The molecule has 0 saturated carbocycles. The number of rotatable bonds is 3. The molecular formula is C14H12N4O2S. The molecule has 0 radical (unpaired) electrons. The highest BCUT2D eigenvalue weighted by molar-refractivity contribution is 7.98. The summed E-state index contributed by atoms with van der Waals surface area (Å²) in [6.45, 7) is 1.74. The number of hydrogen-bond donors (Lipinski definition) is 0. The third-order valence-electron chi connectivity index (χ3n) is 2.91. The largest absolute Gasteiger partial charge is 0.339 e. The lowest BCUT2D eigenvalue weighted by Crippen LogP contribution is -2.19. The molecule has 0 atom stereocenters. The van der Waals surface area contributed by atoms with Gasteiger partial charge in [-0.15, -0.1) is 11.8 Å². The molecule has 0 aliphatic rings. The quantitative estimate of drug-likeness (QED) is 0.691. The maximum atomic E-state index is 12.0. The van der Waals surface area contributed by atoms with E-state index in [1.54, 1.807) is 31.3 Å². The van der Waals surface area contributed by atoms with E-state index in [9.17, 15) is 4.79 Å². The van der Waals surface area contributed by atoms with Gasteiger partial charge in [0.25, 0.3) is 5.56 Å². The van der Waals surface area contributed by atoms with Gasteiger partial charge in [0.05, 0.1) is 11.9 Å². The fraction of sp³-hybridized carbons (Fsp3) is 0.143. The molecule has 0 aliphatic carbocycles. The first-order chi connectivity index (χ1) is 10.2. The van der Waals surface area contributed by atoms with E-state index >= 15 is 0 Å². The molecular weight excluding hydrogens is 288 g/mol. The summed E-state index contributed by atoms with van der Waals surface area (Å²) in [6, 6.07) is 8.82. The van der Waals surface area contributed by atoms with E-state index in [1.165, 1.54) is 16.4 Å². The Balaban J connectivity index is 1.96. The molecule has 0 unspecified atom stereocenters. The van der Waals surface area contributed by atoms with Crippen LogP contribution in [-0.4, -0.2) is 26.2 Å². The van der Waals surface area contributed by atoms with E-state index in [1.807, 2.05) is 18.4 Å². The SMILES string of the molecule is CSc1cnn(-c2ccc(-c3noc(C)n3)cc2)c(=O)c1. The molecule has 2 heterocycles. The van der Waals surface area contributed by atoms with Crippen LogP contribution in [0.4, 0.5) is 0 Å². The normalized spacial score (nSPS) is 10.8. The smallest absolute Gasteiger partial charge is 0.272 e. The number of aromatic nitrogens is 4. The summed E-state index contributed by atoms with van der Waals surface area (Å²) in [4.78, 5) is 17.0. The highest BCUT2D eigenvalue weighted by atomic mass is 32.2. The van der Waals surface area contributed by atoms with Gasteiger partial charge in [-0.05, 0) is 30.5 Å². The Hall–Kier alpha value is -2.41. The molecule has 0 bridgehead atoms. The van der Waals surface area contributed by atoms with Crippen molar-refractivity contribution in [1.29, 1.82) is 0 Å². The lowest BCUT2D eigenvalue weighted by Gasteiger charge is -2.05. The third kappa shape index (κ3) is 2.73. The number of aryl methyl sites for hydroxylation is 1. The fourth-order valence-electron chi connectivity index (χ4n) is 1.87. The minimum atomic E-state index is -0.162. The van der Waals surface area contributed by atoms with Gasteiger partial charge in [0, 0.05) is 23.4 Å². The molecule has 21 heavy (non-hydrogen) atoms. The van der Waals surface area contributed by atoms with Crippen LogP contribution in [0.25, 0.3) is 17.1 Å². The van der Waals surface area contributed by atoms with Crippen molar-refractivity contribution in [3.05, 3.63) is 52.8 Å². The lowest BCUT2D eigenvalue weighted by atomic mass is 10.2. The van der Waals surface area contributed by atoms with Crippen LogP contribution < -0.4 is 5.56 Å². The van der Waals surface area contributed by atoms with Gasteiger partial charge in [0.1, 0.15) is 0 Å². The van der Waals surface area contributed by atoms with E-state index < -0.39 is 0 Å². The Labute approximate surface area is 124 Å². The molecule has 0 saturated heterocycles. The Bertz CT molecular complexity index is 823. The van der Waals surface area contributed by atoms with Crippen LogP contribution in [-0.2, 0) is 0 Å². The van der Waals surface area contributed by atoms with Gasteiger partial charge in [0.15, 0.2) is 0 Å². The Morgan fingerprint density at radius 1 is 1.24 bits per heavy atom. The zero-order valence-electron chi connectivity index (χ0n) is 11.5. The number of hydrogen-bond acceptors (Lipinski definition) is 6. The number of benzene rings is 1. The molecule has 3 aromatic rings. The molecule has 6 nitrogen and oxygen atoms in total. The van der Waals surface area contributed by atoms with Crippen LogP contribution in [0, 0.1) is 6.92 Å². The van der Waals surface area contributed by atoms with Crippen molar-refractivity contribution in [2.75, 3.05) is 6.26 Å². The van der Waals surface area contributed by atoms with E-state index in [0.29, 0.717) is 17.4 Å². The predicted octanol–water partition coefficient (Wildman–Crippen LogP) is 2.31. The Kier molecular flexibility index (Phi) is 3.57. The number of nitrogens with zero attached hydrogens (tertiary/aromatic N) is 4. The topological polar surface area (TPSA) is 73.8 Å². The molecule has 0 spiro atoms. The molecule has 7 heteroatoms. The summed E-state index contributed by atoms with van der Waals surface area (Å²) in [5, 5.41) is 8.02. The minimum absolute atomic E-state index is 0.162. The van der Waals surface area contributed by atoms with Crippen LogP contribution in [0.1, 0.15) is 5.89 Å². The van der Waals surface area contributed by atoms with Crippen molar-refractivity contribution in [1.82, 2.24) is 19.9 Å². The molecule has 1 aromatic carbocycles. The van der Waals surface area contributed by atoms with Gasteiger partial charge in [0.2, 0.25) is 11.7 Å². The van der Waals surface area contributed by atoms with Crippen molar-refractivity contribution in [3.8, 4) is 17.1 Å². The zero-order chi connectivity index (χ0) is 14.8. The van der Waals surface area contributed by atoms with Crippen molar-refractivity contribution >= 4 is 11.8 Å². The molecule has 106 valence electrons. The maximum Gasteiger partial charge on any atom is 0.272 e. The highest BCUT2D eigenvalue weighted by Gasteiger charge is 2.07. The zero-order valence-corrected chi connectivity index (χ0v) is 12.3. The van der Waals surface area contributed by atoms with Gasteiger partial charge in [-0.2, -0.15) is 14.8 Å². The lowest BCUT2D eigenvalue weighted by molar-refractivity contribution is 0.394. The van der Waals surface area contributed by atoms with Gasteiger partial charge >= 0.3 is 0 Å². The first kappa shape index (κ1) is 13.6. The summed E-state index contributed by atoms with van der Waals surface area (Å²) < 4.78 is 6.30. The standard InChI is InChI=1S/C14H12N4O2S/c1-9-16-14(17-20-9)10-3-5-11(6-4-10)18-13(19)7-12(21-2)8-15-18/h3-8H,1-2H3. The maximum absolute atomic E-state index is 12.0. The summed E-state index contributed by atoms with van der Waals surface area (Å²) in [5.41, 5.74) is 1.35. The second-order valence-electron chi connectivity index (χ2n) is 4.33. The molecule has 2 aromatic heterocycles. The van der Waals surface area contributed by atoms with E-state index in [-0.39, 0.29) is 5.56 Å². The van der Waals surface area contributed by atoms with Gasteiger partial charge < -0.3 is 4.52 Å². The highest BCUT2D eigenvalue weighted by Crippen LogP contribution is 2.17. The Morgan fingerprint density at radius 2 is 2.00 bits per heavy atom. The van der Waals surface area contributed by atoms with Crippen molar-refractivity contribution in [2.45, 2.75) is 11.8 Å². The number of thioether (sulfide) groups is 1. The average molecular weight is 300 g/mol. The summed E-state index contributed by atoms with van der Waals surface area (Å²) in [5.74, 6) is 1.04. The second kappa shape index (κ2) is 5.53.